The molecule has 1 atom stereocenters. The Morgan fingerprint density at radius 1 is 1.03 bits per heavy atom. The minimum Gasteiger partial charge on any atom is -0.352 e. The molecular formula is C22H29N5O2. The van der Waals surface area contributed by atoms with Crippen LogP contribution in [0.2, 0.25) is 0 Å². The Kier molecular flexibility index (Phi) is 6.12. The standard InChI is InChI=1S/C22H29N5O2/c28-21(20-8-5-12-27(16-20)22(29)26-10-3-4-11-26)24-14-18-6-1-2-7-19(18)15-25-13-9-23-17-25/h1-2,6-7,9,13,17,20H,3-5,8,10-12,14-16H2,(H,24,28)/t20-/m0/s1. The molecule has 1 aromatic carbocycles. The molecule has 29 heavy (non-hydrogen) atoms. The number of carbonyl (C=O) groups is 2. The number of nitrogens with one attached hydrogen (secondary N) is 1. The summed E-state index contributed by atoms with van der Waals surface area (Å²) in [5, 5.41) is 3.10. The molecule has 7 heteroatoms. The molecule has 0 spiro atoms. The number of amides is 3. The highest BCUT2D eigenvalue weighted by Crippen LogP contribution is 2.20. The Morgan fingerprint density at radius 3 is 2.55 bits per heavy atom. The maximum atomic E-state index is 12.8. The third-order valence-corrected chi connectivity index (χ3v) is 5.92. The van der Waals surface area contributed by atoms with Gasteiger partial charge in [0.05, 0.1) is 12.2 Å². The lowest BCUT2D eigenvalue weighted by atomic mass is 9.97. The van der Waals surface area contributed by atoms with Gasteiger partial charge in [-0.05, 0) is 36.8 Å². The maximum absolute atomic E-state index is 12.8. The van der Waals surface area contributed by atoms with Crippen molar-refractivity contribution >= 4 is 11.9 Å². The molecule has 1 N–H and O–H groups in total. The number of likely N-dealkylation sites (tertiary alicyclic amines) is 2. The topological polar surface area (TPSA) is 70.5 Å². The van der Waals surface area contributed by atoms with Crippen molar-refractivity contribution in [2.75, 3.05) is 26.2 Å². The van der Waals surface area contributed by atoms with Gasteiger partial charge >= 0.3 is 6.03 Å². The van der Waals surface area contributed by atoms with E-state index in [0.29, 0.717) is 13.1 Å². The molecule has 0 saturated carbocycles. The van der Waals surface area contributed by atoms with E-state index in [-0.39, 0.29) is 17.9 Å². The molecule has 4 rings (SSSR count). The minimum absolute atomic E-state index is 0.0429. The summed E-state index contributed by atoms with van der Waals surface area (Å²) in [7, 11) is 0. The molecule has 2 aromatic rings. The lowest BCUT2D eigenvalue weighted by Gasteiger charge is -2.34. The van der Waals surface area contributed by atoms with Gasteiger partial charge in [-0.1, -0.05) is 24.3 Å². The van der Waals surface area contributed by atoms with Crippen LogP contribution in [0.25, 0.3) is 0 Å². The van der Waals surface area contributed by atoms with Crippen molar-refractivity contribution in [2.45, 2.75) is 38.8 Å². The predicted molar refractivity (Wildman–Crippen MR) is 110 cm³/mol. The highest BCUT2D eigenvalue weighted by Gasteiger charge is 2.31. The van der Waals surface area contributed by atoms with Gasteiger partial charge < -0.3 is 19.7 Å². The Bertz CT molecular complexity index is 829. The molecule has 2 aliphatic rings. The van der Waals surface area contributed by atoms with Crippen LogP contribution in [0.1, 0.15) is 36.8 Å². The van der Waals surface area contributed by atoms with Crippen LogP contribution in [0.15, 0.2) is 43.0 Å². The van der Waals surface area contributed by atoms with Gasteiger partial charge in [0.2, 0.25) is 5.91 Å². The second kappa shape index (κ2) is 9.11. The first-order valence-electron chi connectivity index (χ1n) is 10.5. The third-order valence-electron chi connectivity index (χ3n) is 5.92. The number of imidazole rings is 1. The zero-order valence-corrected chi connectivity index (χ0v) is 16.8. The van der Waals surface area contributed by atoms with E-state index in [1.165, 1.54) is 5.56 Å². The van der Waals surface area contributed by atoms with Crippen molar-refractivity contribution in [1.29, 1.82) is 0 Å². The van der Waals surface area contributed by atoms with Gasteiger partial charge in [0.25, 0.3) is 0 Å². The fourth-order valence-electron chi connectivity index (χ4n) is 4.26. The molecule has 0 radical (unpaired) electrons. The first-order valence-corrected chi connectivity index (χ1v) is 10.5. The molecule has 2 aliphatic heterocycles. The van der Waals surface area contributed by atoms with E-state index in [2.05, 4.69) is 22.4 Å². The summed E-state index contributed by atoms with van der Waals surface area (Å²) in [6.07, 6.45) is 9.39. The molecule has 154 valence electrons. The first kappa shape index (κ1) is 19.5. The molecule has 2 saturated heterocycles. The monoisotopic (exact) mass is 395 g/mol. The van der Waals surface area contributed by atoms with Crippen molar-refractivity contribution in [3.05, 3.63) is 54.1 Å². The molecule has 1 aromatic heterocycles. The van der Waals surface area contributed by atoms with E-state index in [1.807, 2.05) is 32.7 Å². The molecular weight excluding hydrogens is 366 g/mol. The van der Waals surface area contributed by atoms with Crippen molar-refractivity contribution in [3.8, 4) is 0 Å². The second-order valence-electron chi connectivity index (χ2n) is 7.98. The maximum Gasteiger partial charge on any atom is 0.320 e. The summed E-state index contributed by atoms with van der Waals surface area (Å²) in [6, 6.07) is 8.25. The number of hydrogen-bond acceptors (Lipinski definition) is 3. The molecule has 0 aliphatic carbocycles. The Labute approximate surface area is 171 Å². The Morgan fingerprint density at radius 2 is 1.79 bits per heavy atom. The fourth-order valence-corrected chi connectivity index (χ4v) is 4.26. The number of carbonyl (C=O) groups excluding carboxylic acids is 2. The minimum atomic E-state index is -0.129. The van der Waals surface area contributed by atoms with Crippen LogP contribution in [0.3, 0.4) is 0 Å². The predicted octanol–water partition coefficient (Wildman–Crippen LogP) is 2.48. The van der Waals surface area contributed by atoms with Gasteiger partial charge in [-0.3, -0.25) is 4.79 Å². The number of benzene rings is 1. The molecule has 3 amide bonds. The summed E-state index contributed by atoms with van der Waals surface area (Å²) in [4.78, 5) is 33.3. The van der Waals surface area contributed by atoms with Gasteiger partial charge in [0, 0.05) is 51.7 Å². The summed E-state index contributed by atoms with van der Waals surface area (Å²) in [5.41, 5.74) is 2.27. The molecule has 0 unspecified atom stereocenters. The van der Waals surface area contributed by atoms with E-state index in [4.69, 9.17) is 0 Å². The normalized spacial score (nSPS) is 19.4. The van der Waals surface area contributed by atoms with Gasteiger partial charge in [-0.2, -0.15) is 0 Å². The number of hydrogen-bond donors (Lipinski definition) is 1. The van der Waals surface area contributed by atoms with Crippen LogP contribution < -0.4 is 5.32 Å². The SMILES string of the molecule is O=C(NCc1ccccc1Cn1ccnc1)[C@H]1CCCN(C(=O)N2CCCC2)C1. The summed E-state index contributed by atoms with van der Waals surface area (Å²) < 4.78 is 2.02. The Hall–Kier alpha value is -2.83. The number of nitrogens with zero attached hydrogens (tertiary/aromatic N) is 4. The smallest absolute Gasteiger partial charge is 0.320 e. The molecule has 3 heterocycles. The second-order valence-corrected chi connectivity index (χ2v) is 7.98. The lowest BCUT2D eigenvalue weighted by molar-refractivity contribution is -0.126. The van der Waals surface area contributed by atoms with Crippen LogP contribution in [-0.2, 0) is 17.9 Å². The van der Waals surface area contributed by atoms with E-state index in [9.17, 15) is 9.59 Å². The van der Waals surface area contributed by atoms with Gasteiger partial charge in [0.15, 0.2) is 0 Å². The zero-order chi connectivity index (χ0) is 20.1. The van der Waals surface area contributed by atoms with Crippen molar-refractivity contribution in [2.24, 2.45) is 5.92 Å². The van der Waals surface area contributed by atoms with E-state index in [0.717, 1.165) is 57.4 Å². The van der Waals surface area contributed by atoms with Gasteiger partial charge in [-0.25, -0.2) is 9.78 Å². The molecule has 2 fully saturated rings. The highest BCUT2D eigenvalue weighted by molar-refractivity contribution is 5.81. The average Bonchev–Trinajstić information content (AvgIpc) is 3.47. The Balaban J connectivity index is 1.33. The van der Waals surface area contributed by atoms with E-state index in [1.54, 1.807) is 12.5 Å². The fraction of sp³-hybridized carbons (Fsp3) is 0.500. The van der Waals surface area contributed by atoms with Crippen LogP contribution in [-0.4, -0.2) is 57.5 Å². The van der Waals surface area contributed by atoms with Crippen LogP contribution in [0.5, 0.6) is 0 Å². The summed E-state index contributed by atoms with van der Waals surface area (Å²) in [5.74, 6) is -0.0857. The number of aromatic nitrogens is 2. The summed E-state index contributed by atoms with van der Waals surface area (Å²) in [6.45, 7) is 4.21. The van der Waals surface area contributed by atoms with Gasteiger partial charge in [-0.15, -0.1) is 0 Å². The highest BCUT2D eigenvalue weighted by atomic mass is 16.2. The number of rotatable bonds is 5. The van der Waals surface area contributed by atoms with Gasteiger partial charge in [0.1, 0.15) is 0 Å². The summed E-state index contributed by atoms with van der Waals surface area (Å²) >= 11 is 0. The van der Waals surface area contributed by atoms with Crippen LogP contribution in [0, 0.1) is 5.92 Å². The van der Waals surface area contributed by atoms with Crippen molar-refractivity contribution < 1.29 is 9.59 Å². The molecule has 0 bridgehead atoms. The largest absolute Gasteiger partial charge is 0.352 e. The van der Waals surface area contributed by atoms with Crippen molar-refractivity contribution in [3.63, 3.8) is 0 Å². The third kappa shape index (κ3) is 4.78. The van der Waals surface area contributed by atoms with E-state index < -0.39 is 0 Å². The van der Waals surface area contributed by atoms with Crippen molar-refractivity contribution in [1.82, 2.24) is 24.7 Å². The quantitative estimate of drug-likeness (QED) is 0.846. The average molecular weight is 396 g/mol. The van der Waals surface area contributed by atoms with Crippen LogP contribution in [0.4, 0.5) is 4.79 Å². The van der Waals surface area contributed by atoms with E-state index >= 15 is 0 Å². The van der Waals surface area contributed by atoms with Crippen LogP contribution >= 0.6 is 0 Å². The lowest BCUT2D eigenvalue weighted by Crippen LogP contribution is -2.49. The first-order chi connectivity index (χ1) is 14.2. The number of piperidine rings is 1. The number of urea groups is 1. The molecule has 7 nitrogen and oxygen atoms in total. The zero-order valence-electron chi connectivity index (χ0n) is 16.8.